The van der Waals surface area contributed by atoms with Gasteiger partial charge in [0, 0.05) is 54.5 Å². The molecule has 1 fully saturated rings. The van der Waals surface area contributed by atoms with E-state index in [0.717, 1.165) is 22.4 Å². The average Bonchev–Trinajstić information content (AvgIpc) is 3.25. The lowest BCUT2D eigenvalue weighted by molar-refractivity contribution is -0.132. The van der Waals surface area contributed by atoms with E-state index in [2.05, 4.69) is 28.5 Å². The Morgan fingerprint density at radius 3 is 2.56 bits per heavy atom. The van der Waals surface area contributed by atoms with E-state index >= 15 is 0 Å². The normalized spacial score (nSPS) is 17.3. The summed E-state index contributed by atoms with van der Waals surface area (Å²) in [6.45, 7) is 10.2. The van der Waals surface area contributed by atoms with Crippen LogP contribution >= 0.6 is 11.6 Å². The zero-order valence-electron chi connectivity index (χ0n) is 20.8. The lowest BCUT2D eigenvalue weighted by Gasteiger charge is -2.37. The number of nitrogens with zero attached hydrogens (tertiary/aromatic N) is 4. The van der Waals surface area contributed by atoms with Crippen LogP contribution in [0.5, 0.6) is 0 Å². The molecule has 6 nitrogen and oxygen atoms in total. The van der Waals surface area contributed by atoms with Gasteiger partial charge in [-0.1, -0.05) is 48.2 Å². The Hall–Kier alpha value is -3.69. The summed E-state index contributed by atoms with van der Waals surface area (Å²) in [6.07, 6.45) is 4.94. The molecule has 0 aliphatic carbocycles. The summed E-state index contributed by atoms with van der Waals surface area (Å²) in [5.74, 6) is 6.09. The smallest absolute Gasteiger partial charge is 0.219 e. The van der Waals surface area contributed by atoms with Gasteiger partial charge in [-0.25, -0.2) is 0 Å². The van der Waals surface area contributed by atoms with Crippen LogP contribution in [0.4, 0.5) is 0 Å². The molecule has 2 aromatic heterocycles. The van der Waals surface area contributed by atoms with Crippen molar-refractivity contribution in [1.82, 2.24) is 19.7 Å². The monoisotopic (exact) mass is 500 g/mol. The van der Waals surface area contributed by atoms with Crippen molar-refractivity contribution >= 4 is 23.3 Å². The van der Waals surface area contributed by atoms with E-state index in [0.29, 0.717) is 42.1 Å². The number of ketones is 1. The van der Waals surface area contributed by atoms with Crippen LogP contribution in [0.25, 0.3) is 0 Å². The number of Topliss-reactive ketones (excluding diaryl/α,β-unsaturated/α-hetero) is 1. The van der Waals surface area contributed by atoms with Gasteiger partial charge in [0.2, 0.25) is 11.7 Å². The molecule has 3 heterocycles. The van der Waals surface area contributed by atoms with E-state index in [9.17, 15) is 9.59 Å². The molecule has 0 saturated carbocycles. The summed E-state index contributed by atoms with van der Waals surface area (Å²) in [5, 5.41) is 4.72. The maximum Gasteiger partial charge on any atom is 0.219 e. The Morgan fingerprint density at radius 2 is 1.89 bits per heavy atom. The first-order chi connectivity index (χ1) is 17.2. The number of hydrogen-bond donors (Lipinski definition) is 0. The number of carbonyl (C=O) groups is 2. The number of hydrogen-bond acceptors (Lipinski definition) is 4. The number of amides is 1. The zero-order valence-corrected chi connectivity index (χ0v) is 21.5. The van der Waals surface area contributed by atoms with Crippen LogP contribution in [0.15, 0.2) is 60.9 Å². The number of benzene rings is 1. The maximum absolute atomic E-state index is 13.4. The number of likely N-dealkylation sites (tertiary alicyclic amines) is 1. The highest BCUT2D eigenvalue weighted by Gasteiger charge is 2.32. The molecule has 1 aliphatic rings. The van der Waals surface area contributed by atoms with Crippen molar-refractivity contribution in [2.24, 2.45) is 0 Å². The summed E-state index contributed by atoms with van der Waals surface area (Å²) in [4.78, 5) is 31.7. The first kappa shape index (κ1) is 25.4. The van der Waals surface area contributed by atoms with Crippen LogP contribution in [0, 0.1) is 18.8 Å². The summed E-state index contributed by atoms with van der Waals surface area (Å²) < 4.78 is 1.71. The third kappa shape index (κ3) is 5.58. The van der Waals surface area contributed by atoms with Crippen molar-refractivity contribution in [3.8, 4) is 11.8 Å². The molecule has 36 heavy (non-hydrogen) atoms. The van der Waals surface area contributed by atoms with E-state index in [-0.39, 0.29) is 23.8 Å². The largest absolute Gasteiger partial charge is 0.340 e. The number of aryl methyl sites for hydroxylation is 1. The zero-order chi connectivity index (χ0) is 25.8. The van der Waals surface area contributed by atoms with Gasteiger partial charge in [0.15, 0.2) is 0 Å². The van der Waals surface area contributed by atoms with Crippen LogP contribution in [-0.4, -0.2) is 43.9 Å². The minimum absolute atomic E-state index is 0.0165. The molecule has 1 amide bonds. The number of halogens is 1. The lowest BCUT2D eigenvalue weighted by atomic mass is 9.97. The average molecular weight is 501 g/mol. The number of aromatic nitrogens is 3. The molecule has 3 aromatic rings. The van der Waals surface area contributed by atoms with E-state index in [1.165, 1.54) is 6.20 Å². The fourth-order valence-corrected chi connectivity index (χ4v) is 4.86. The molecule has 7 heteroatoms. The molecule has 184 valence electrons. The van der Waals surface area contributed by atoms with Gasteiger partial charge in [0.05, 0.1) is 17.3 Å². The molecule has 1 unspecified atom stereocenters. The van der Waals surface area contributed by atoms with Crippen LogP contribution < -0.4 is 0 Å². The molecule has 0 N–H and O–H groups in total. The second-order valence-corrected chi connectivity index (χ2v) is 9.65. The highest BCUT2D eigenvalue weighted by Crippen LogP contribution is 2.31. The van der Waals surface area contributed by atoms with Gasteiger partial charge in [-0.15, -0.1) is 0 Å². The molecular weight excluding hydrogens is 472 g/mol. The molecule has 0 radical (unpaired) electrons. The molecule has 1 aliphatic heterocycles. The Kier molecular flexibility index (Phi) is 7.71. The third-order valence-electron chi connectivity index (χ3n) is 6.58. The fraction of sp³-hybridized carbons (Fsp3) is 0.310. The maximum atomic E-state index is 13.4. The van der Waals surface area contributed by atoms with Gasteiger partial charge >= 0.3 is 0 Å². The van der Waals surface area contributed by atoms with Gasteiger partial charge in [0.1, 0.15) is 5.69 Å². The highest BCUT2D eigenvalue weighted by molar-refractivity contribution is 6.34. The van der Waals surface area contributed by atoms with E-state index in [4.69, 9.17) is 11.6 Å². The second-order valence-electron chi connectivity index (χ2n) is 9.24. The summed E-state index contributed by atoms with van der Waals surface area (Å²) >= 11 is 6.42. The van der Waals surface area contributed by atoms with Crippen LogP contribution in [-0.2, 0) is 11.2 Å². The van der Waals surface area contributed by atoms with E-state index in [1.807, 2.05) is 55.1 Å². The molecular formula is C29H29ClN4O2. The summed E-state index contributed by atoms with van der Waals surface area (Å²) in [7, 11) is 0. The van der Waals surface area contributed by atoms with Gasteiger partial charge in [-0.3, -0.25) is 19.3 Å². The first-order valence-corrected chi connectivity index (χ1v) is 12.4. The third-order valence-corrected chi connectivity index (χ3v) is 6.85. The Morgan fingerprint density at radius 1 is 1.17 bits per heavy atom. The minimum Gasteiger partial charge on any atom is -0.340 e. The molecule has 4 rings (SSSR count). The van der Waals surface area contributed by atoms with E-state index in [1.54, 1.807) is 17.8 Å². The predicted molar refractivity (Wildman–Crippen MR) is 141 cm³/mol. The van der Waals surface area contributed by atoms with Crippen molar-refractivity contribution in [3.63, 3.8) is 0 Å². The second kappa shape index (κ2) is 10.9. The van der Waals surface area contributed by atoms with Gasteiger partial charge in [-0.05, 0) is 50.5 Å². The topological polar surface area (TPSA) is 68.1 Å². The van der Waals surface area contributed by atoms with Crippen molar-refractivity contribution in [3.05, 3.63) is 94.0 Å². The van der Waals surface area contributed by atoms with Crippen molar-refractivity contribution in [1.29, 1.82) is 0 Å². The van der Waals surface area contributed by atoms with Crippen LogP contribution in [0.3, 0.4) is 0 Å². The van der Waals surface area contributed by atoms with Crippen molar-refractivity contribution < 1.29 is 9.59 Å². The fourth-order valence-electron chi connectivity index (χ4n) is 4.64. The highest BCUT2D eigenvalue weighted by atomic mass is 35.5. The van der Waals surface area contributed by atoms with Gasteiger partial charge in [-0.2, -0.15) is 5.10 Å². The van der Waals surface area contributed by atoms with E-state index < -0.39 is 0 Å². The Labute approximate surface area is 217 Å². The molecule has 0 bridgehead atoms. The number of carbonyl (C=O) groups excluding carboxylic acids is 2. The predicted octanol–water partition coefficient (Wildman–Crippen LogP) is 5.19. The minimum atomic E-state index is -0.242. The Balaban J connectivity index is 1.48. The van der Waals surface area contributed by atoms with Gasteiger partial charge < -0.3 is 4.90 Å². The number of rotatable bonds is 5. The van der Waals surface area contributed by atoms with Crippen molar-refractivity contribution in [2.75, 3.05) is 6.54 Å². The summed E-state index contributed by atoms with van der Waals surface area (Å²) in [6, 6.07) is 11.8. The van der Waals surface area contributed by atoms with Crippen LogP contribution in [0.2, 0.25) is 5.02 Å². The molecule has 2 atom stereocenters. The standard InChI is InChI=1S/C29H29ClN4O2/c1-19-14-24(11-10-23-8-6-5-7-9-23)17-31-27(19)15-20(2)29(36)28-26(30)18-32-34(28)25-12-13-33(22(4)35)21(3)16-25/h5-9,14,17-18,21,25H,2,12-13,15-16H2,1,3-4H3/t21-,25?/m1/s1. The first-order valence-electron chi connectivity index (χ1n) is 12.0. The van der Waals surface area contributed by atoms with Gasteiger partial charge in [0.25, 0.3) is 0 Å². The number of piperidine rings is 1. The molecule has 1 saturated heterocycles. The van der Waals surface area contributed by atoms with Crippen molar-refractivity contribution in [2.45, 2.75) is 52.1 Å². The lowest BCUT2D eigenvalue weighted by Crippen LogP contribution is -2.44. The SMILES string of the molecule is C=C(Cc1ncc(C#Cc2ccccc2)cc1C)C(=O)c1c(Cl)cnn1C1CCN(C(C)=O)[C@H](C)C1. The Bertz CT molecular complexity index is 1370. The van der Waals surface area contributed by atoms with Crippen LogP contribution in [0.1, 0.15) is 65.6 Å². The number of pyridine rings is 1. The summed E-state index contributed by atoms with van der Waals surface area (Å²) in [5.41, 5.74) is 4.19. The quantitative estimate of drug-likeness (QED) is 0.274. The molecule has 0 spiro atoms. The molecule has 1 aromatic carbocycles. The number of allylic oxidation sites excluding steroid dienone is 1.